The van der Waals surface area contributed by atoms with Gasteiger partial charge in [0.25, 0.3) is 5.56 Å². The van der Waals surface area contributed by atoms with Crippen molar-refractivity contribution >= 4 is 34.0 Å². The van der Waals surface area contributed by atoms with Crippen molar-refractivity contribution in [1.29, 1.82) is 0 Å². The van der Waals surface area contributed by atoms with E-state index >= 15 is 0 Å². The number of aromatic nitrogens is 2. The zero-order valence-electron chi connectivity index (χ0n) is 12.4. The number of rotatable bonds is 6. The first kappa shape index (κ1) is 16.0. The lowest BCUT2D eigenvalue weighted by Gasteiger charge is -2.11. The summed E-state index contributed by atoms with van der Waals surface area (Å²) in [5.74, 6) is 0.593. The molecule has 1 amide bonds. The Kier molecular flexibility index (Phi) is 5.41. The van der Waals surface area contributed by atoms with Crippen LogP contribution < -0.4 is 10.9 Å². The van der Waals surface area contributed by atoms with Gasteiger partial charge in [-0.3, -0.25) is 14.0 Å². The lowest BCUT2D eigenvalue weighted by molar-refractivity contribution is -0.120. The predicted octanol–water partition coefficient (Wildman–Crippen LogP) is 2.21. The summed E-state index contributed by atoms with van der Waals surface area (Å²) in [7, 11) is 0. The van der Waals surface area contributed by atoms with Crippen molar-refractivity contribution in [2.24, 2.45) is 0 Å². The van der Waals surface area contributed by atoms with E-state index in [9.17, 15) is 9.59 Å². The van der Waals surface area contributed by atoms with E-state index in [-0.39, 0.29) is 16.7 Å². The SMILES string of the molecule is CCCNC(=O)C(C)SCc1cc(=O)n2c(C)csc2n1. The zero-order valence-corrected chi connectivity index (χ0v) is 14.0. The van der Waals surface area contributed by atoms with Crippen LogP contribution >= 0.6 is 23.1 Å². The second kappa shape index (κ2) is 7.09. The van der Waals surface area contributed by atoms with Gasteiger partial charge in [-0.1, -0.05) is 6.92 Å². The van der Waals surface area contributed by atoms with Gasteiger partial charge >= 0.3 is 0 Å². The molecule has 2 aromatic heterocycles. The number of thiazole rings is 1. The zero-order chi connectivity index (χ0) is 15.4. The van der Waals surface area contributed by atoms with Gasteiger partial charge < -0.3 is 5.32 Å². The van der Waals surface area contributed by atoms with Crippen molar-refractivity contribution in [3.05, 3.63) is 33.2 Å². The minimum absolute atomic E-state index is 0.0339. The molecule has 1 N–H and O–H groups in total. The standard InChI is InChI=1S/C14H19N3O2S2/c1-4-5-15-13(19)10(3)20-8-11-6-12(18)17-9(2)7-21-14(17)16-11/h6-7,10H,4-5,8H2,1-3H3,(H,15,19). The summed E-state index contributed by atoms with van der Waals surface area (Å²) in [5.41, 5.74) is 1.57. The number of aryl methyl sites for hydroxylation is 1. The summed E-state index contributed by atoms with van der Waals surface area (Å²) >= 11 is 2.95. The van der Waals surface area contributed by atoms with E-state index in [1.165, 1.54) is 23.1 Å². The van der Waals surface area contributed by atoms with Crippen molar-refractivity contribution in [2.45, 2.75) is 38.2 Å². The quantitative estimate of drug-likeness (QED) is 0.884. The van der Waals surface area contributed by atoms with Gasteiger partial charge in [-0.05, 0) is 20.3 Å². The Morgan fingerprint density at radius 2 is 2.33 bits per heavy atom. The van der Waals surface area contributed by atoms with Gasteiger partial charge in [0.1, 0.15) is 0 Å². The fourth-order valence-electron chi connectivity index (χ4n) is 1.85. The molecule has 0 aliphatic heterocycles. The van der Waals surface area contributed by atoms with Gasteiger partial charge in [0.05, 0.1) is 10.9 Å². The van der Waals surface area contributed by atoms with Crippen LogP contribution in [-0.2, 0) is 10.5 Å². The molecule has 21 heavy (non-hydrogen) atoms. The van der Waals surface area contributed by atoms with E-state index in [4.69, 9.17) is 0 Å². The summed E-state index contributed by atoms with van der Waals surface area (Å²) in [6, 6.07) is 1.55. The van der Waals surface area contributed by atoms with Crippen molar-refractivity contribution in [2.75, 3.05) is 6.54 Å². The number of carbonyl (C=O) groups excluding carboxylic acids is 1. The molecule has 2 heterocycles. The van der Waals surface area contributed by atoms with E-state index in [1.807, 2.05) is 26.2 Å². The molecule has 0 fully saturated rings. The van der Waals surface area contributed by atoms with E-state index in [0.29, 0.717) is 17.3 Å². The summed E-state index contributed by atoms with van der Waals surface area (Å²) in [5, 5.41) is 4.64. The van der Waals surface area contributed by atoms with Crippen molar-refractivity contribution in [1.82, 2.24) is 14.7 Å². The first-order chi connectivity index (χ1) is 10.0. The molecule has 0 aliphatic carbocycles. The second-order valence-electron chi connectivity index (χ2n) is 4.83. The number of amides is 1. The van der Waals surface area contributed by atoms with Crippen LogP contribution in [0.5, 0.6) is 0 Å². The molecule has 0 radical (unpaired) electrons. The van der Waals surface area contributed by atoms with Crippen LogP contribution in [0.1, 0.15) is 31.7 Å². The number of hydrogen-bond acceptors (Lipinski definition) is 5. The molecule has 0 saturated carbocycles. The van der Waals surface area contributed by atoms with Gasteiger partial charge in [-0.25, -0.2) is 4.98 Å². The summed E-state index contributed by atoms with van der Waals surface area (Å²) in [6.07, 6.45) is 0.926. The van der Waals surface area contributed by atoms with E-state index in [0.717, 1.165) is 17.8 Å². The Hall–Kier alpha value is -1.34. The summed E-state index contributed by atoms with van der Waals surface area (Å²) < 4.78 is 1.61. The van der Waals surface area contributed by atoms with Gasteiger partial charge in [-0.15, -0.1) is 23.1 Å². The molecule has 2 rings (SSSR count). The Balaban J connectivity index is 2.04. The van der Waals surface area contributed by atoms with Crippen molar-refractivity contribution in [3.63, 3.8) is 0 Å². The highest BCUT2D eigenvalue weighted by molar-refractivity contribution is 7.99. The number of nitrogens with zero attached hydrogens (tertiary/aromatic N) is 2. The number of carbonyl (C=O) groups is 1. The van der Waals surface area contributed by atoms with Gasteiger partial charge in [-0.2, -0.15) is 0 Å². The highest BCUT2D eigenvalue weighted by Gasteiger charge is 2.14. The second-order valence-corrected chi connectivity index (χ2v) is 6.99. The predicted molar refractivity (Wildman–Crippen MR) is 88.1 cm³/mol. The molecule has 1 atom stereocenters. The average Bonchev–Trinajstić information content (AvgIpc) is 2.84. The molecule has 0 bridgehead atoms. The minimum atomic E-state index is -0.151. The third-order valence-electron chi connectivity index (χ3n) is 3.03. The lowest BCUT2D eigenvalue weighted by atomic mass is 10.4. The molecule has 5 nitrogen and oxygen atoms in total. The van der Waals surface area contributed by atoms with Crippen molar-refractivity contribution in [3.8, 4) is 0 Å². The Morgan fingerprint density at radius 1 is 1.57 bits per heavy atom. The molecule has 1 unspecified atom stereocenters. The number of hydrogen-bond donors (Lipinski definition) is 1. The van der Waals surface area contributed by atoms with Crippen LogP contribution in [0.3, 0.4) is 0 Å². The molecular formula is C14H19N3O2S2. The van der Waals surface area contributed by atoms with Crippen LogP contribution in [0.15, 0.2) is 16.2 Å². The summed E-state index contributed by atoms with van der Waals surface area (Å²) in [4.78, 5) is 29.0. The van der Waals surface area contributed by atoms with Gasteiger partial charge in [0, 0.05) is 29.4 Å². The highest BCUT2D eigenvalue weighted by Crippen LogP contribution is 2.18. The van der Waals surface area contributed by atoms with Crippen LogP contribution in [-0.4, -0.2) is 27.1 Å². The maximum absolute atomic E-state index is 12.0. The van der Waals surface area contributed by atoms with Gasteiger partial charge in [0.15, 0.2) is 4.96 Å². The molecule has 0 aromatic carbocycles. The maximum atomic E-state index is 12.0. The topological polar surface area (TPSA) is 63.5 Å². The van der Waals surface area contributed by atoms with Gasteiger partial charge in [0.2, 0.25) is 5.91 Å². The molecule has 2 aromatic rings. The third kappa shape index (κ3) is 3.85. The Labute approximate surface area is 131 Å². The fourth-order valence-corrected chi connectivity index (χ4v) is 3.55. The van der Waals surface area contributed by atoms with Crippen LogP contribution in [0.25, 0.3) is 4.96 Å². The van der Waals surface area contributed by atoms with E-state index in [1.54, 1.807) is 10.5 Å². The largest absolute Gasteiger partial charge is 0.355 e. The van der Waals surface area contributed by atoms with E-state index < -0.39 is 0 Å². The van der Waals surface area contributed by atoms with E-state index in [2.05, 4.69) is 10.3 Å². The van der Waals surface area contributed by atoms with Crippen LogP contribution in [0, 0.1) is 6.92 Å². The first-order valence-corrected chi connectivity index (χ1v) is 8.82. The van der Waals surface area contributed by atoms with Crippen LogP contribution in [0.2, 0.25) is 0 Å². The maximum Gasteiger partial charge on any atom is 0.258 e. The first-order valence-electron chi connectivity index (χ1n) is 6.89. The number of nitrogens with one attached hydrogen (secondary N) is 1. The summed E-state index contributed by atoms with van der Waals surface area (Å²) in [6.45, 7) is 6.48. The smallest absolute Gasteiger partial charge is 0.258 e. The van der Waals surface area contributed by atoms with Crippen LogP contribution in [0.4, 0.5) is 0 Å². The number of thioether (sulfide) groups is 1. The molecular weight excluding hydrogens is 306 g/mol. The molecule has 0 saturated heterocycles. The Bertz CT molecular complexity index is 693. The molecule has 0 spiro atoms. The molecule has 0 aliphatic rings. The lowest BCUT2D eigenvalue weighted by Crippen LogP contribution is -2.31. The minimum Gasteiger partial charge on any atom is -0.355 e. The monoisotopic (exact) mass is 325 g/mol. The third-order valence-corrected chi connectivity index (χ3v) is 5.15. The highest BCUT2D eigenvalue weighted by atomic mass is 32.2. The average molecular weight is 325 g/mol. The Morgan fingerprint density at radius 3 is 3.05 bits per heavy atom. The molecule has 114 valence electrons. The molecule has 7 heteroatoms. The fraction of sp³-hybridized carbons (Fsp3) is 0.500. The van der Waals surface area contributed by atoms with Crippen molar-refractivity contribution < 1.29 is 4.79 Å². The normalized spacial score (nSPS) is 12.5. The number of fused-ring (bicyclic) bond motifs is 1.